The Bertz CT molecular complexity index is 1200. The minimum atomic E-state index is -0.536. The third-order valence-corrected chi connectivity index (χ3v) is 5.83. The summed E-state index contributed by atoms with van der Waals surface area (Å²) >= 11 is 6.27. The Kier molecular flexibility index (Phi) is 3.89. The number of fused-ring (bicyclic) bond motifs is 4. The highest BCUT2D eigenvalue weighted by Gasteiger charge is 2.41. The maximum Gasteiger partial charge on any atom is 0.231 e. The number of ether oxygens (including phenoxy) is 3. The van der Waals surface area contributed by atoms with E-state index >= 15 is 0 Å². The third kappa shape index (κ3) is 2.79. The minimum Gasteiger partial charge on any atom is -0.464 e. The molecule has 0 unspecified atom stereocenters. The maximum atomic E-state index is 13.9. The van der Waals surface area contributed by atoms with Gasteiger partial charge in [0.2, 0.25) is 13.0 Å². The summed E-state index contributed by atoms with van der Waals surface area (Å²) in [4.78, 5) is 0. The summed E-state index contributed by atoms with van der Waals surface area (Å²) in [6.45, 7) is 0.224. The molecule has 6 rings (SSSR count). The molecule has 2 atom stereocenters. The highest BCUT2D eigenvalue weighted by atomic mass is 35.5. The smallest absolute Gasteiger partial charge is 0.231 e. The molecule has 0 radical (unpaired) electrons. The molecule has 0 aliphatic carbocycles. The molecule has 0 saturated carbocycles. The van der Waals surface area contributed by atoms with E-state index in [9.17, 15) is 4.39 Å². The largest absolute Gasteiger partial charge is 0.464 e. The Morgan fingerprint density at radius 1 is 0.967 bits per heavy atom. The van der Waals surface area contributed by atoms with Crippen LogP contribution in [0.5, 0.6) is 17.2 Å². The predicted octanol–water partition coefficient (Wildman–Crippen LogP) is 5.45. The molecule has 30 heavy (non-hydrogen) atoms. The van der Waals surface area contributed by atoms with Gasteiger partial charge in [-0.3, -0.25) is 0 Å². The molecular weight excluding hydrogens is 407 g/mol. The van der Waals surface area contributed by atoms with Crippen LogP contribution in [0.3, 0.4) is 0 Å². The van der Waals surface area contributed by atoms with Gasteiger partial charge in [-0.15, -0.1) is 0 Å². The first kappa shape index (κ1) is 17.6. The van der Waals surface area contributed by atoms with Crippen molar-refractivity contribution in [1.82, 2.24) is 5.01 Å². The lowest BCUT2D eigenvalue weighted by atomic mass is 9.95. The summed E-state index contributed by atoms with van der Waals surface area (Å²) < 4.78 is 31.1. The second-order valence-electron chi connectivity index (χ2n) is 7.42. The molecule has 7 heteroatoms. The zero-order valence-corrected chi connectivity index (χ0v) is 16.5. The van der Waals surface area contributed by atoms with Crippen LogP contribution < -0.4 is 14.2 Å². The van der Waals surface area contributed by atoms with Crippen LogP contribution in [0, 0.1) is 5.82 Å². The summed E-state index contributed by atoms with van der Waals surface area (Å²) in [5.41, 5.74) is 3.53. The molecule has 0 aromatic heterocycles. The third-order valence-electron chi connectivity index (χ3n) is 5.59. The SMILES string of the molecule is Fc1cccc([C@H]2Oc3ccc(Cl)cc3[C@H]3CC(c4ccc5c(c4)OCO5)=NN32)c1. The highest BCUT2D eigenvalue weighted by Crippen LogP contribution is 2.48. The number of hydrogen-bond acceptors (Lipinski definition) is 5. The summed E-state index contributed by atoms with van der Waals surface area (Å²) in [7, 11) is 0. The fraction of sp³-hybridized carbons (Fsp3) is 0.174. The number of rotatable bonds is 2. The van der Waals surface area contributed by atoms with Crippen LogP contribution in [0.4, 0.5) is 4.39 Å². The van der Waals surface area contributed by atoms with Gasteiger partial charge < -0.3 is 14.2 Å². The first-order valence-corrected chi connectivity index (χ1v) is 10.0. The molecule has 3 heterocycles. The fourth-order valence-electron chi connectivity index (χ4n) is 4.19. The lowest BCUT2D eigenvalue weighted by Crippen LogP contribution is -2.33. The predicted molar refractivity (Wildman–Crippen MR) is 110 cm³/mol. The van der Waals surface area contributed by atoms with Gasteiger partial charge in [-0.1, -0.05) is 23.7 Å². The average molecular weight is 423 g/mol. The summed E-state index contributed by atoms with van der Waals surface area (Å²) in [5, 5.41) is 7.42. The van der Waals surface area contributed by atoms with Crippen LogP contribution in [0.15, 0.2) is 65.8 Å². The van der Waals surface area contributed by atoms with E-state index in [2.05, 4.69) is 0 Å². The van der Waals surface area contributed by atoms with Crippen molar-refractivity contribution < 1.29 is 18.6 Å². The molecule has 0 amide bonds. The highest BCUT2D eigenvalue weighted by molar-refractivity contribution is 6.30. The molecular formula is C23H16ClFN2O3. The van der Waals surface area contributed by atoms with E-state index in [-0.39, 0.29) is 18.7 Å². The first-order valence-electron chi connectivity index (χ1n) is 9.63. The zero-order chi connectivity index (χ0) is 20.2. The van der Waals surface area contributed by atoms with Gasteiger partial charge in [-0.2, -0.15) is 5.10 Å². The maximum absolute atomic E-state index is 13.9. The topological polar surface area (TPSA) is 43.3 Å². The molecule has 0 spiro atoms. The number of hydrazone groups is 1. The molecule has 3 aromatic rings. The molecule has 3 aliphatic heterocycles. The molecule has 150 valence electrons. The Balaban J connectivity index is 1.44. The molecule has 3 aliphatic rings. The van der Waals surface area contributed by atoms with Gasteiger partial charge in [0, 0.05) is 28.1 Å². The van der Waals surface area contributed by atoms with Crippen LogP contribution in [0.25, 0.3) is 0 Å². The van der Waals surface area contributed by atoms with E-state index < -0.39 is 6.23 Å². The van der Waals surface area contributed by atoms with Crippen molar-refractivity contribution in [2.45, 2.75) is 18.7 Å². The molecule has 3 aromatic carbocycles. The van der Waals surface area contributed by atoms with Gasteiger partial charge in [0.05, 0.1) is 11.8 Å². The lowest BCUT2D eigenvalue weighted by Gasteiger charge is -2.38. The Labute approximate surface area is 177 Å². The van der Waals surface area contributed by atoms with E-state index in [1.54, 1.807) is 12.1 Å². The Morgan fingerprint density at radius 2 is 1.83 bits per heavy atom. The number of hydrogen-bond donors (Lipinski definition) is 0. The van der Waals surface area contributed by atoms with Crippen molar-refractivity contribution in [2.75, 3.05) is 6.79 Å². The van der Waals surface area contributed by atoms with Crippen LogP contribution in [-0.4, -0.2) is 17.5 Å². The van der Waals surface area contributed by atoms with Crippen LogP contribution >= 0.6 is 11.6 Å². The van der Waals surface area contributed by atoms with Crippen molar-refractivity contribution >= 4 is 17.3 Å². The van der Waals surface area contributed by atoms with E-state index in [1.807, 2.05) is 41.4 Å². The number of nitrogens with zero attached hydrogens (tertiary/aromatic N) is 2. The van der Waals surface area contributed by atoms with Gasteiger partial charge in [0.1, 0.15) is 11.6 Å². The fourth-order valence-corrected chi connectivity index (χ4v) is 4.37. The van der Waals surface area contributed by atoms with E-state index in [0.29, 0.717) is 22.8 Å². The van der Waals surface area contributed by atoms with Crippen molar-refractivity contribution in [1.29, 1.82) is 0 Å². The Hall–Kier alpha value is -3.25. The van der Waals surface area contributed by atoms with Gasteiger partial charge in [-0.25, -0.2) is 9.40 Å². The zero-order valence-electron chi connectivity index (χ0n) is 15.7. The first-order chi connectivity index (χ1) is 14.7. The van der Waals surface area contributed by atoms with Gasteiger partial charge in [0.25, 0.3) is 0 Å². The standard InChI is InChI=1S/C23H16ClFN2O3/c24-15-5-7-20-17(10-15)19-11-18(13-4-6-21-22(9-13)29-12-28-21)26-27(19)23(30-20)14-2-1-3-16(25)8-14/h1-10,19,23H,11-12H2/t19-,23-/m1/s1. The van der Waals surface area contributed by atoms with Gasteiger partial charge in [-0.05, 0) is 48.5 Å². The monoisotopic (exact) mass is 422 g/mol. The average Bonchev–Trinajstić information content (AvgIpc) is 3.40. The normalized spacial score (nSPS) is 21.0. The van der Waals surface area contributed by atoms with Crippen LogP contribution in [0.1, 0.15) is 35.4 Å². The molecule has 0 N–H and O–H groups in total. The number of benzene rings is 3. The second-order valence-corrected chi connectivity index (χ2v) is 7.86. The van der Waals surface area contributed by atoms with Crippen molar-refractivity contribution in [3.8, 4) is 17.2 Å². The summed E-state index contributed by atoms with van der Waals surface area (Å²) in [6.07, 6.45) is 0.133. The van der Waals surface area contributed by atoms with Crippen LogP contribution in [0.2, 0.25) is 5.02 Å². The van der Waals surface area contributed by atoms with E-state index in [0.717, 1.165) is 28.3 Å². The summed E-state index contributed by atoms with van der Waals surface area (Å²) in [6, 6.07) is 17.7. The van der Waals surface area contributed by atoms with Crippen molar-refractivity contribution in [3.63, 3.8) is 0 Å². The quantitative estimate of drug-likeness (QED) is 0.550. The molecule has 0 saturated heterocycles. The van der Waals surface area contributed by atoms with E-state index in [4.69, 9.17) is 30.9 Å². The lowest BCUT2D eigenvalue weighted by molar-refractivity contribution is -0.0192. The van der Waals surface area contributed by atoms with Crippen LogP contribution in [-0.2, 0) is 0 Å². The minimum absolute atomic E-state index is 0.0684. The molecule has 0 fully saturated rings. The molecule has 5 nitrogen and oxygen atoms in total. The van der Waals surface area contributed by atoms with Gasteiger partial charge in [0.15, 0.2) is 11.5 Å². The molecule has 0 bridgehead atoms. The summed E-state index contributed by atoms with van der Waals surface area (Å²) in [5.74, 6) is 1.86. The van der Waals surface area contributed by atoms with Crippen molar-refractivity contribution in [2.24, 2.45) is 5.10 Å². The second kappa shape index (κ2) is 6.64. The Morgan fingerprint density at radius 3 is 2.73 bits per heavy atom. The van der Waals surface area contributed by atoms with Gasteiger partial charge >= 0.3 is 0 Å². The van der Waals surface area contributed by atoms with Crippen molar-refractivity contribution in [3.05, 3.63) is 88.2 Å². The van der Waals surface area contributed by atoms with E-state index in [1.165, 1.54) is 12.1 Å². The number of halogens is 2.